The van der Waals surface area contributed by atoms with E-state index in [1.165, 1.54) is 18.2 Å². The van der Waals surface area contributed by atoms with Crippen molar-refractivity contribution < 1.29 is 15.3 Å². The molecule has 0 aromatic heterocycles. The fourth-order valence-electron chi connectivity index (χ4n) is 1.24. The Balaban J connectivity index is 2.86. The van der Waals surface area contributed by atoms with Crippen molar-refractivity contribution in [2.45, 2.75) is 18.6 Å². The minimum absolute atomic E-state index is 0.136. The second-order valence-electron chi connectivity index (χ2n) is 3.19. The van der Waals surface area contributed by atoms with E-state index in [0.717, 1.165) is 0 Å². The van der Waals surface area contributed by atoms with Gasteiger partial charge < -0.3 is 15.3 Å². The van der Waals surface area contributed by atoms with Crippen LogP contribution < -0.4 is 0 Å². The highest BCUT2D eigenvalue weighted by atomic mass is 35.5. The maximum Gasteiger partial charge on any atom is 0.122 e. The maximum absolute atomic E-state index is 9.68. The van der Waals surface area contributed by atoms with Crippen LogP contribution in [0.15, 0.2) is 18.2 Å². The summed E-state index contributed by atoms with van der Waals surface area (Å²) in [5, 5.41) is 29.0. The van der Waals surface area contributed by atoms with E-state index in [1.54, 1.807) is 0 Å². The van der Waals surface area contributed by atoms with Crippen LogP contribution in [0.3, 0.4) is 0 Å². The molecular weight excluding hydrogens is 239 g/mol. The van der Waals surface area contributed by atoms with Crippen molar-refractivity contribution in [3.05, 3.63) is 28.8 Å². The van der Waals surface area contributed by atoms with E-state index in [2.05, 4.69) is 0 Å². The number of aromatic hydroxyl groups is 1. The zero-order chi connectivity index (χ0) is 11.4. The molecule has 1 aromatic carbocycles. The van der Waals surface area contributed by atoms with Gasteiger partial charge in [0.1, 0.15) is 11.9 Å². The lowest BCUT2D eigenvalue weighted by Gasteiger charge is -2.18. The number of aliphatic hydroxyl groups excluding tert-OH is 2. The van der Waals surface area contributed by atoms with Gasteiger partial charge in [0.2, 0.25) is 0 Å². The topological polar surface area (TPSA) is 60.7 Å². The molecule has 15 heavy (non-hydrogen) atoms. The zero-order valence-electron chi connectivity index (χ0n) is 7.90. The quantitative estimate of drug-likeness (QED) is 0.718. The van der Waals surface area contributed by atoms with Crippen LogP contribution in [-0.4, -0.2) is 27.3 Å². The van der Waals surface area contributed by atoms with Crippen molar-refractivity contribution in [1.29, 1.82) is 0 Å². The monoisotopic (exact) mass is 250 g/mol. The minimum Gasteiger partial charge on any atom is -0.508 e. The highest BCUT2D eigenvalue weighted by Gasteiger charge is 2.20. The number of phenolic OH excluding ortho intramolecular Hbond substituents is 1. The summed E-state index contributed by atoms with van der Waals surface area (Å²) >= 11 is 11.1. The summed E-state index contributed by atoms with van der Waals surface area (Å²) in [4.78, 5) is 0. The second-order valence-corrected chi connectivity index (χ2v) is 4.01. The highest BCUT2D eigenvalue weighted by molar-refractivity contribution is 6.30. The van der Waals surface area contributed by atoms with Crippen molar-refractivity contribution in [1.82, 2.24) is 0 Å². The van der Waals surface area contributed by atoms with Crippen LogP contribution >= 0.6 is 23.2 Å². The Kier molecular flexibility index (Phi) is 4.67. The average molecular weight is 251 g/mol. The molecule has 0 saturated carbocycles. The first-order chi connectivity index (χ1) is 7.06. The molecule has 5 heteroatoms. The summed E-state index contributed by atoms with van der Waals surface area (Å²) in [6.07, 6.45) is -1.89. The molecule has 0 amide bonds. The lowest BCUT2D eigenvalue weighted by atomic mass is 10.0. The van der Waals surface area contributed by atoms with Crippen LogP contribution in [0, 0.1) is 0 Å². The molecule has 0 aliphatic rings. The van der Waals surface area contributed by atoms with E-state index in [4.69, 9.17) is 23.2 Å². The molecule has 0 fully saturated rings. The molecule has 84 valence electrons. The largest absolute Gasteiger partial charge is 0.508 e. The van der Waals surface area contributed by atoms with Gasteiger partial charge in [-0.05, 0) is 18.6 Å². The van der Waals surface area contributed by atoms with Crippen LogP contribution in [0.25, 0.3) is 0 Å². The number of phenols is 1. The smallest absolute Gasteiger partial charge is 0.122 e. The third kappa shape index (κ3) is 3.24. The summed E-state index contributed by atoms with van der Waals surface area (Å²) in [5.41, 5.74) is 0.247. The van der Waals surface area contributed by atoms with E-state index >= 15 is 0 Å². The molecule has 3 N–H and O–H groups in total. The Morgan fingerprint density at radius 1 is 1.27 bits per heavy atom. The van der Waals surface area contributed by atoms with Gasteiger partial charge >= 0.3 is 0 Å². The van der Waals surface area contributed by atoms with Crippen LogP contribution in [0.1, 0.15) is 18.1 Å². The predicted molar refractivity (Wildman–Crippen MR) is 59.4 cm³/mol. The van der Waals surface area contributed by atoms with Crippen molar-refractivity contribution in [3.8, 4) is 5.75 Å². The average Bonchev–Trinajstić information content (AvgIpc) is 2.17. The van der Waals surface area contributed by atoms with E-state index in [9.17, 15) is 15.3 Å². The zero-order valence-corrected chi connectivity index (χ0v) is 9.41. The van der Waals surface area contributed by atoms with Crippen LogP contribution in [0.2, 0.25) is 5.02 Å². The third-order valence-corrected chi connectivity index (χ3v) is 2.53. The summed E-state index contributed by atoms with van der Waals surface area (Å²) in [7, 11) is 0. The highest BCUT2D eigenvalue weighted by Crippen LogP contribution is 2.29. The maximum atomic E-state index is 9.68. The van der Waals surface area contributed by atoms with Crippen molar-refractivity contribution in [3.63, 3.8) is 0 Å². The molecule has 1 aromatic rings. The normalized spacial score (nSPS) is 14.9. The molecule has 0 heterocycles. The number of hydrogen-bond donors (Lipinski definition) is 3. The Hall–Kier alpha value is -0.480. The molecule has 0 radical (unpaired) electrons. The molecule has 0 aliphatic carbocycles. The Bertz CT molecular complexity index is 330. The van der Waals surface area contributed by atoms with Crippen LogP contribution in [0.5, 0.6) is 5.75 Å². The van der Waals surface area contributed by atoms with Gasteiger partial charge in [0, 0.05) is 16.5 Å². The van der Waals surface area contributed by atoms with E-state index in [-0.39, 0.29) is 23.6 Å². The first-order valence-electron chi connectivity index (χ1n) is 4.46. The molecule has 2 unspecified atom stereocenters. The number of benzene rings is 1. The van der Waals surface area contributed by atoms with E-state index in [1.807, 2.05) is 0 Å². The first kappa shape index (κ1) is 12.6. The number of halogens is 2. The van der Waals surface area contributed by atoms with Crippen molar-refractivity contribution in [2.75, 3.05) is 5.88 Å². The molecule has 0 aliphatic heterocycles. The molecule has 3 nitrogen and oxygen atoms in total. The van der Waals surface area contributed by atoms with Crippen molar-refractivity contribution in [2.24, 2.45) is 0 Å². The second kappa shape index (κ2) is 5.56. The summed E-state index contributed by atoms with van der Waals surface area (Å²) < 4.78 is 0. The number of rotatable bonds is 4. The number of hydrogen-bond acceptors (Lipinski definition) is 3. The Morgan fingerprint density at radius 2 is 1.93 bits per heavy atom. The molecular formula is C10H12Cl2O3. The molecule has 0 saturated heterocycles. The van der Waals surface area contributed by atoms with Gasteiger partial charge in [0.25, 0.3) is 0 Å². The molecule has 0 bridgehead atoms. The van der Waals surface area contributed by atoms with Gasteiger partial charge in [-0.15, -0.1) is 11.6 Å². The minimum atomic E-state index is -1.15. The number of alkyl halides is 1. The molecule has 1 rings (SSSR count). The van der Waals surface area contributed by atoms with E-state index in [0.29, 0.717) is 5.02 Å². The van der Waals surface area contributed by atoms with Gasteiger partial charge in [0.15, 0.2) is 0 Å². The lowest BCUT2D eigenvalue weighted by molar-refractivity contribution is 0.0157. The van der Waals surface area contributed by atoms with Gasteiger partial charge in [-0.2, -0.15) is 0 Å². The number of aliphatic hydroxyl groups is 2. The molecule has 2 atom stereocenters. The fourth-order valence-corrected chi connectivity index (χ4v) is 1.63. The Morgan fingerprint density at radius 3 is 2.47 bits per heavy atom. The lowest BCUT2D eigenvalue weighted by Crippen LogP contribution is -2.18. The summed E-state index contributed by atoms with van der Waals surface area (Å²) in [5.74, 6) is 0.107. The third-order valence-electron chi connectivity index (χ3n) is 2.08. The fraction of sp³-hybridized carbons (Fsp3) is 0.400. The SMILES string of the molecule is Oc1cc(Cl)ccc1C(O)C(O)CCCl. The van der Waals surface area contributed by atoms with E-state index < -0.39 is 12.2 Å². The summed E-state index contributed by atoms with van der Waals surface area (Å²) in [6, 6.07) is 4.32. The van der Waals surface area contributed by atoms with Gasteiger partial charge in [-0.3, -0.25) is 0 Å². The van der Waals surface area contributed by atoms with Gasteiger partial charge in [0.05, 0.1) is 6.10 Å². The van der Waals surface area contributed by atoms with Crippen molar-refractivity contribution >= 4 is 23.2 Å². The summed E-state index contributed by atoms with van der Waals surface area (Å²) in [6.45, 7) is 0. The standard InChI is InChI=1S/C10H12Cl2O3/c11-4-3-8(13)10(15)7-2-1-6(12)5-9(7)14/h1-2,5,8,10,13-15H,3-4H2. The van der Waals surface area contributed by atoms with Gasteiger partial charge in [-0.1, -0.05) is 17.7 Å². The first-order valence-corrected chi connectivity index (χ1v) is 5.38. The van der Waals surface area contributed by atoms with Crippen LogP contribution in [-0.2, 0) is 0 Å². The molecule has 0 spiro atoms. The predicted octanol–water partition coefficient (Wildman–Crippen LogP) is 2.07. The van der Waals surface area contributed by atoms with Gasteiger partial charge in [-0.25, -0.2) is 0 Å². The van der Waals surface area contributed by atoms with Crippen LogP contribution in [0.4, 0.5) is 0 Å². The Labute approximate surface area is 97.9 Å².